The molecule has 1 aliphatic heterocycles. The van der Waals surface area contributed by atoms with Crippen molar-refractivity contribution in [3.8, 4) is 5.82 Å². The quantitative estimate of drug-likeness (QED) is 0.677. The molecule has 0 spiro atoms. The highest BCUT2D eigenvalue weighted by Gasteiger charge is 2.28. The minimum absolute atomic E-state index is 0.338. The number of nitrogens with zero attached hydrogens (tertiary/aromatic N) is 6. The normalized spacial score (nSPS) is 15.8. The summed E-state index contributed by atoms with van der Waals surface area (Å²) in [5, 5.41) is 12.6. The van der Waals surface area contributed by atoms with Crippen molar-refractivity contribution in [2.24, 2.45) is 0 Å². The van der Waals surface area contributed by atoms with Gasteiger partial charge in [0.15, 0.2) is 11.6 Å². The molecule has 9 heteroatoms. The van der Waals surface area contributed by atoms with Crippen LogP contribution in [0.15, 0.2) is 59.8 Å². The largest absolute Gasteiger partial charge is 0.352 e. The Hall–Kier alpha value is -2.78. The molecule has 0 saturated carbocycles. The van der Waals surface area contributed by atoms with Gasteiger partial charge in [-0.1, -0.05) is 17.7 Å². The van der Waals surface area contributed by atoms with E-state index in [2.05, 4.69) is 15.3 Å². The predicted octanol–water partition coefficient (Wildman–Crippen LogP) is 1.48. The van der Waals surface area contributed by atoms with Gasteiger partial charge in [0.25, 0.3) is 0 Å². The maximum Gasteiger partial charge on any atom is 0.243 e. The van der Waals surface area contributed by atoms with Gasteiger partial charge in [0.05, 0.1) is 4.90 Å². The van der Waals surface area contributed by atoms with Gasteiger partial charge in [-0.15, -0.1) is 10.2 Å². The average Bonchev–Trinajstić information content (AvgIpc) is 3.23. The van der Waals surface area contributed by atoms with Crippen LogP contribution in [0.4, 0.5) is 5.82 Å². The fraction of sp³-hybridized carbons (Fsp3) is 0.278. The third-order valence-electron chi connectivity index (χ3n) is 4.60. The lowest BCUT2D eigenvalue weighted by Crippen LogP contribution is -2.49. The number of benzene rings is 1. The summed E-state index contributed by atoms with van der Waals surface area (Å²) in [5.74, 6) is 1.38. The standard InChI is InChI=1S/C18H20N6O2S/c1-15-3-5-16(6-4-15)27(25,26)23-13-11-22(12-14-23)17-7-8-18(21-20-17)24-10-2-9-19-24/h2-10H,11-14H2,1H3. The van der Waals surface area contributed by atoms with Crippen molar-refractivity contribution in [2.75, 3.05) is 31.1 Å². The molecular weight excluding hydrogens is 364 g/mol. The average molecular weight is 384 g/mol. The van der Waals surface area contributed by atoms with Crippen molar-refractivity contribution in [2.45, 2.75) is 11.8 Å². The fourth-order valence-electron chi connectivity index (χ4n) is 3.03. The van der Waals surface area contributed by atoms with Gasteiger partial charge in [-0.25, -0.2) is 13.1 Å². The highest BCUT2D eigenvalue weighted by molar-refractivity contribution is 7.89. The lowest BCUT2D eigenvalue weighted by Gasteiger charge is -2.34. The van der Waals surface area contributed by atoms with E-state index in [4.69, 9.17) is 0 Å². The Morgan fingerprint density at radius 3 is 2.15 bits per heavy atom. The smallest absolute Gasteiger partial charge is 0.243 e. The lowest BCUT2D eigenvalue weighted by molar-refractivity contribution is 0.383. The number of piperazine rings is 1. The second-order valence-electron chi connectivity index (χ2n) is 6.40. The Bertz CT molecular complexity index is 993. The van der Waals surface area contributed by atoms with E-state index in [-0.39, 0.29) is 0 Å². The maximum atomic E-state index is 12.8. The fourth-order valence-corrected chi connectivity index (χ4v) is 4.45. The molecule has 8 nitrogen and oxygen atoms in total. The van der Waals surface area contributed by atoms with Crippen LogP contribution in [0.1, 0.15) is 5.56 Å². The van der Waals surface area contributed by atoms with Gasteiger partial charge in [0.2, 0.25) is 10.0 Å². The number of hydrogen-bond donors (Lipinski definition) is 0. The van der Waals surface area contributed by atoms with Crippen molar-refractivity contribution in [3.05, 3.63) is 60.4 Å². The third-order valence-corrected chi connectivity index (χ3v) is 6.51. The predicted molar refractivity (Wildman–Crippen MR) is 101 cm³/mol. The van der Waals surface area contributed by atoms with Crippen molar-refractivity contribution in [3.63, 3.8) is 0 Å². The Labute approximate surface area is 158 Å². The maximum absolute atomic E-state index is 12.8. The summed E-state index contributed by atoms with van der Waals surface area (Å²) in [7, 11) is -3.46. The number of aromatic nitrogens is 4. The summed E-state index contributed by atoms with van der Waals surface area (Å²) in [4.78, 5) is 2.38. The molecule has 1 aliphatic rings. The van der Waals surface area contributed by atoms with E-state index in [1.807, 2.05) is 42.2 Å². The summed E-state index contributed by atoms with van der Waals surface area (Å²) in [5.41, 5.74) is 1.04. The number of anilines is 1. The molecule has 0 unspecified atom stereocenters. The van der Waals surface area contributed by atoms with Gasteiger partial charge in [-0.2, -0.15) is 9.40 Å². The van der Waals surface area contributed by atoms with Gasteiger partial charge in [-0.3, -0.25) is 0 Å². The summed E-state index contributed by atoms with van der Waals surface area (Å²) in [6.07, 6.45) is 3.49. The molecule has 0 aliphatic carbocycles. The van der Waals surface area contributed by atoms with Crippen LogP contribution in [-0.4, -0.2) is 58.9 Å². The first-order valence-electron chi connectivity index (χ1n) is 8.69. The minimum Gasteiger partial charge on any atom is -0.352 e. The summed E-state index contributed by atoms with van der Waals surface area (Å²) in [6.45, 7) is 3.91. The molecule has 140 valence electrons. The summed E-state index contributed by atoms with van der Waals surface area (Å²) in [6, 6.07) is 12.5. The van der Waals surface area contributed by atoms with Gasteiger partial charge in [0.1, 0.15) is 0 Å². The molecule has 1 saturated heterocycles. The van der Waals surface area contributed by atoms with Crippen LogP contribution in [0.25, 0.3) is 5.82 Å². The first kappa shape index (κ1) is 17.6. The molecular formula is C18H20N6O2S. The Balaban J connectivity index is 1.43. The van der Waals surface area contributed by atoms with E-state index in [1.165, 1.54) is 4.31 Å². The topological polar surface area (TPSA) is 84.2 Å². The first-order chi connectivity index (χ1) is 13.0. The van der Waals surface area contributed by atoms with Crippen molar-refractivity contribution < 1.29 is 8.42 Å². The Morgan fingerprint density at radius 1 is 0.889 bits per heavy atom. The Kier molecular flexibility index (Phi) is 4.63. The third kappa shape index (κ3) is 3.56. The minimum atomic E-state index is -3.46. The first-order valence-corrected chi connectivity index (χ1v) is 10.1. The highest BCUT2D eigenvalue weighted by Crippen LogP contribution is 2.20. The lowest BCUT2D eigenvalue weighted by atomic mass is 10.2. The van der Waals surface area contributed by atoms with Crippen LogP contribution >= 0.6 is 0 Å². The summed E-state index contributed by atoms with van der Waals surface area (Å²) < 4.78 is 28.7. The molecule has 0 atom stereocenters. The zero-order valence-electron chi connectivity index (χ0n) is 14.9. The van der Waals surface area contributed by atoms with E-state index in [0.29, 0.717) is 36.9 Å². The molecule has 27 heavy (non-hydrogen) atoms. The van der Waals surface area contributed by atoms with Gasteiger partial charge in [0, 0.05) is 38.6 Å². The van der Waals surface area contributed by atoms with E-state index in [1.54, 1.807) is 29.2 Å². The highest BCUT2D eigenvalue weighted by atomic mass is 32.2. The van der Waals surface area contributed by atoms with E-state index >= 15 is 0 Å². The number of hydrogen-bond acceptors (Lipinski definition) is 6. The second-order valence-corrected chi connectivity index (χ2v) is 8.34. The van der Waals surface area contributed by atoms with Crippen LogP contribution in [0, 0.1) is 6.92 Å². The van der Waals surface area contributed by atoms with Crippen LogP contribution in [-0.2, 0) is 10.0 Å². The van der Waals surface area contributed by atoms with E-state index in [0.717, 1.165) is 11.4 Å². The Morgan fingerprint density at radius 2 is 1.56 bits per heavy atom. The van der Waals surface area contributed by atoms with Crippen molar-refractivity contribution >= 4 is 15.8 Å². The van der Waals surface area contributed by atoms with Crippen molar-refractivity contribution in [1.82, 2.24) is 24.3 Å². The van der Waals surface area contributed by atoms with Crippen LogP contribution in [0.3, 0.4) is 0 Å². The molecule has 4 rings (SSSR count). The molecule has 0 N–H and O–H groups in total. The molecule has 0 amide bonds. The van der Waals surface area contributed by atoms with Crippen LogP contribution in [0.2, 0.25) is 0 Å². The van der Waals surface area contributed by atoms with Crippen molar-refractivity contribution in [1.29, 1.82) is 0 Å². The SMILES string of the molecule is Cc1ccc(S(=O)(=O)N2CCN(c3ccc(-n4cccn4)nn3)CC2)cc1. The monoisotopic (exact) mass is 384 g/mol. The zero-order chi connectivity index (χ0) is 18.9. The molecule has 0 radical (unpaired) electrons. The van der Waals surface area contributed by atoms with E-state index < -0.39 is 10.0 Å². The molecule has 3 aromatic rings. The second kappa shape index (κ2) is 7.09. The van der Waals surface area contributed by atoms with Gasteiger partial charge >= 0.3 is 0 Å². The summed E-state index contributed by atoms with van der Waals surface area (Å²) >= 11 is 0. The number of aryl methyl sites for hydroxylation is 1. The molecule has 1 aromatic carbocycles. The van der Waals surface area contributed by atoms with Gasteiger partial charge in [-0.05, 0) is 37.3 Å². The number of sulfonamides is 1. The van der Waals surface area contributed by atoms with E-state index in [9.17, 15) is 8.42 Å². The molecule has 3 heterocycles. The van der Waals surface area contributed by atoms with Crippen LogP contribution < -0.4 is 4.90 Å². The molecule has 0 bridgehead atoms. The number of rotatable bonds is 4. The van der Waals surface area contributed by atoms with Crippen LogP contribution in [0.5, 0.6) is 0 Å². The van der Waals surface area contributed by atoms with Gasteiger partial charge < -0.3 is 4.90 Å². The molecule has 1 fully saturated rings. The zero-order valence-corrected chi connectivity index (χ0v) is 15.7. The molecule has 2 aromatic heterocycles.